The standard InChI is InChI=1S/C14H22N2O2/c1-9(2)7-8-16-10(3)12(17)15-14(4,13(16)18)11-5-6-11/h7,10-11H,5-6,8H2,1-4H3,(H,15,17). The third kappa shape index (κ3) is 2.16. The molecule has 1 N–H and O–H groups in total. The Labute approximate surface area is 108 Å². The molecule has 0 aromatic heterocycles. The van der Waals surface area contributed by atoms with Gasteiger partial charge in [0.15, 0.2) is 0 Å². The van der Waals surface area contributed by atoms with Gasteiger partial charge in [0.05, 0.1) is 0 Å². The van der Waals surface area contributed by atoms with E-state index in [1.807, 2.05) is 26.8 Å². The summed E-state index contributed by atoms with van der Waals surface area (Å²) in [5, 5.41) is 2.92. The van der Waals surface area contributed by atoms with E-state index in [1.54, 1.807) is 11.8 Å². The smallest absolute Gasteiger partial charge is 0.249 e. The molecule has 1 saturated carbocycles. The number of carbonyl (C=O) groups excluding carboxylic acids is 2. The molecule has 1 heterocycles. The summed E-state index contributed by atoms with van der Waals surface area (Å²) in [6.07, 6.45) is 4.07. The van der Waals surface area contributed by atoms with Gasteiger partial charge >= 0.3 is 0 Å². The summed E-state index contributed by atoms with van der Waals surface area (Å²) < 4.78 is 0. The van der Waals surface area contributed by atoms with Crippen LogP contribution in [-0.4, -0.2) is 34.8 Å². The van der Waals surface area contributed by atoms with Crippen LogP contribution >= 0.6 is 0 Å². The van der Waals surface area contributed by atoms with Crippen molar-refractivity contribution in [3.63, 3.8) is 0 Å². The molecule has 1 aliphatic heterocycles. The van der Waals surface area contributed by atoms with Crippen LogP contribution in [0.25, 0.3) is 0 Å². The minimum Gasteiger partial charge on any atom is -0.340 e. The highest BCUT2D eigenvalue weighted by Gasteiger charge is 2.54. The summed E-state index contributed by atoms with van der Waals surface area (Å²) in [5.41, 5.74) is 0.480. The van der Waals surface area contributed by atoms with Gasteiger partial charge in [-0.1, -0.05) is 11.6 Å². The van der Waals surface area contributed by atoms with Crippen molar-refractivity contribution in [2.45, 2.75) is 52.1 Å². The maximum absolute atomic E-state index is 12.6. The Hall–Kier alpha value is -1.32. The molecule has 2 unspecified atom stereocenters. The zero-order valence-corrected chi connectivity index (χ0v) is 11.6. The molecule has 0 spiro atoms. The molecule has 1 aliphatic carbocycles. The van der Waals surface area contributed by atoms with Crippen LogP contribution in [0.3, 0.4) is 0 Å². The quantitative estimate of drug-likeness (QED) is 0.771. The average Bonchev–Trinajstić information content (AvgIpc) is 3.10. The molecule has 2 amide bonds. The van der Waals surface area contributed by atoms with E-state index in [4.69, 9.17) is 0 Å². The second-order valence-electron chi connectivity index (χ2n) is 5.88. The molecule has 0 aromatic carbocycles. The van der Waals surface area contributed by atoms with Crippen LogP contribution in [0.15, 0.2) is 11.6 Å². The number of allylic oxidation sites excluding steroid dienone is 1. The van der Waals surface area contributed by atoms with Gasteiger partial charge in [-0.3, -0.25) is 9.59 Å². The first-order chi connectivity index (χ1) is 8.36. The largest absolute Gasteiger partial charge is 0.340 e. The molecule has 1 saturated heterocycles. The Morgan fingerprint density at radius 3 is 2.56 bits per heavy atom. The molecular formula is C14H22N2O2. The average molecular weight is 250 g/mol. The van der Waals surface area contributed by atoms with Crippen LogP contribution in [0.5, 0.6) is 0 Å². The summed E-state index contributed by atoms with van der Waals surface area (Å²) in [5.74, 6) is 0.344. The van der Waals surface area contributed by atoms with Crippen molar-refractivity contribution in [1.82, 2.24) is 10.2 Å². The number of amides is 2. The van der Waals surface area contributed by atoms with Crippen molar-refractivity contribution in [1.29, 1.82) is 0 Å². The predicted molar refractivity (Wildman–Crippen MR) is 69.9 cm³/mol. The van der Waals surface area contributed by atoms with Gasteiger partial charge in [0, 0.05) is 6.54 Å². The highest BCUT2D eigenvalue weighted by molar-refractivity contribution is 5.99. The maximum atomic E-state index is 12.6. The van der Waals surface area contributed by atoms with E-state index in [2.05, 4.69) is 5.32 Å². The third-order valence-electron chi connectivity index (χ3n) is 4.03. The van der Waals surface area contributed by atoms with Crippen molar-refractivity contribution in [2.24, 2.45) is 5.92 Å². The highest BCUT2D eigenvalue weighted by atomic mass is 16.2. The lowest BCUT2D eigenvalue weighted by atomic mass is 9.89. The first-order valence-corrected chi connectivity index (χ1v) is 6.62. The lowest BCUT2D eigenvalue weighted by Crippen LogP contribution is -2.69. The van der Waals surface area contributed by atoms with Crippen molar-refractivity contribution >= 4 is 11.8 Å². The first-order valence-electron chi connectivity index (χ1n) is 6.62. The van der Waals surface area contributed by atoms with Gasteiger partial charge < -0.3 is 10.2 Å². The predicted octanol–water partition coefficient (Wildman–Crippen LogP) is 1.47. The van der Waals surface area contributed by atoms with Gasteiger partial charge in [-0.05, 0) is 46.5 Å². The minimum atomic E-state index is -0.681. The summed E-state index contributed by atoms with van der Waals surface area (Å²) in [4.78, 5) is 26.3. The van der Waals surface area contributed by atoms with Crippen LogP contribution < -0.4 is 5.32 Å². The number of nitrogens with zero attached hydrogens (tertiary/aromatic N) is 1. The van der Waals surface area contributed by atoms with Crippen LogP contribution in [0.2, 0.25) is 0 Å². The topological polar surface area (TPSA) is 49.4 Å². The van der Waals surface area contributed by atoms with Gasteiger partial charge in [0.25, 0.3) is 0 Å². The summed E-state index contributed by atoms with van der Waals surface area (Å²) in [6, 6.07) is -0.375. The Morgan fingerprint density at radius 1 is 1.44 bits per heavy atom. The second kappa shape index (κ2) is 4.41. The lowest BCUT2D eigenvalue weighted by molar-refractivity contribution is -0.153. The zero-order chi connectivity index (χ0) is 13.5. The Kier molecular flexibility index (Phi) is 3.21. The summed E-state index contributed by atoms with van der Waals surface area (Å²) in [6.45, 7) is 8.18. The van der Waals surface area contributed by atoms with E-state index in [0.29, 0.717) is 12.5 Å². The van der Waals surface area contributed by atoms with Crippen LogP contribution in [-0.2, 0) is 9.59 Å². The molecular weight excluding hydrogens is 228 g/mol. The number of nitrogens with one attached hydrogen (secondary N) is 1. The van der Waals surface area contributed by atoms with Crippen LogP contribution in [0.1, 0.15) is 40.5 Å². The summed E-state index contributed by atoms with van der Waals surface area (Å²) >= 11 is 0. The molecule has 4 nitrogen and oxygen atoms in total. The Bertz CT molecular complexity index is 408. The van der Waals surface area contributed by atoms with Gasteiger partial charge in [0.1, 0.15) is 11.6 Å². The first kappa shape index (κ1) is 13.1. The molecule has 4 heteroatoms. The van der Waals surface area contributed by atoms with Gasteiger partial charge in [-0.2, -0.15) is 0 Å². The molecule has 2 rings (SSSR count). The Morgan fingerprint density at radius 2 is 2.06 bits per heavy atom. The molecule has 100 valence electrons. The van der Waals surface area contributed by atoms with Crippen molar-refractivity contribution < 1.29 is 9.59 Å². The maximum Gasteiger partial charge on any atom is 0.249 e. The van der Waals surface area contributed by atoms with Crippen molar-refractivity contribution in [3.8, 4) is 0 Å². The van der Waals surface area contributed by atoms with Crippen molar-refractivity contribution in [2.75, 3.05) is 6.54 Å². The number of rotatable bonds is 3. The lowest BCUT2D eigenvalue weighted by Gasteiger charge is -2.43. The number of piperazine rings is 1. The highest BCUT2D eigenvalue weighted by Crippen LogP contribution is 2.42. The van der Waals surface area contributed by atoms with E-state index in [0.717, 1.165) is 18.4 Å². The van der Waals surface area contributed by atoms with E-state index >= 15 is 0 Å². The molecule has 2 fully saturated rings. The fourth-order valence-electron chi connectivity index (χ4n) is 2.49. The van der Waals surface area contributed by atoms with Gasteiger partial charge in [-0.25, -0.2) is 0 Å². The molecule has 0 radical (unpaired) electrons. The number of hydrogen-bond donors (Lipinski definition) is 1. The number of carbonyl (C=O) groups is 2. The fourth-order valence-corrected chi connectivity index (χ4v) is 2.49. The minimum absolute atomic E-state index is 0.0360. The van der Waals surface area contributed by atoms with Gasteiger partial charge in [0.2, 0.25) is 11.8 Å². The molecule has 18 heavy (non-hydrogen) atoms. The van der Waals surface area contributed by atoms with E-state index < -0.39 is 5.54 Å². The number of hydrogen-bond acceptors (Lipinski definition) is 2. The second-order valence-corrected chi connectivity index (χ2v) is 5.88. The third-order valence-corrected chi connectivity index (χ3v) is 4.03. The molecule has 2 atom stereocenters. The normalized spacial score (nSPS) is 32.2. The van der Waals surface area contributed by atoms with Crippen molar-refractivity contribution in [3.05, 3.63) is 11.6 Å². The van der Waals surface area contributed by atoms with E-state index in [9.17, 15) is 9.59 Å². The SMILES string of the molecule is CC(C)=CCN1C(=O)C(C)(C2CC2)NC(=O)C1C. The van der Waals surface area contributed by atoms with Crippen LogP contribution in [0.4, 0.5) is 0 Å². The molecule has 0 aromatic rings. The van der Waals surface area contributed by atoms with Gasteiger partial charge in [-0.15, -0.1) is 0 Å². The zero-order valence-electron chi connectivity index (χ0n) is 11.6. The monoisotopic (exact) mass is 250 g/mol. The molecule has 0 bridgehead atoms. The fraction of sp³-hybridized carbons (Fsp3) is 0.714. The molecule has 2 aliphatic rings. The summed E-state index contributed by atoms with van der Waals surface area (Å²) in [7, 11) is 0. The van der Waals surface area contributed by atoms with E-state index in [1.165, 1.54) is 0 Å². The van der Waals surface area contributed by atoms with Crippen LogP contribution in [0, 0.1) is 5.92 Å². The Balaban J connectivity index is 2.22. The van der Waals surface area contributed by atoms with E-state index in [-0.39, 0.29) is 17.9 Å².